The van der Waals surface area contributed by atoms with Crippen molar-refractivity contribution in [3.63, 3.8) is 0 Å². The lowest BCUT2D eigenvalue weighted by atomic mass is 9.79. The fraction of sp³-hybridized carbons (Fsp3) is 0.857. The molecule has 0 aliphatic heterocycles. The quantitative estimate of drug-likeness (QED) is 0.656. The molecule has 2 aliphatic carbocycles. The maximum Gasteiger partial charge on any atom is 0.223 e. The van der Waals surface area contributed by atoms with E-state index in [4.69, 9.17) is 5.73 Å². The lowest BCUT2D eigenvalue weighted by Crippen LogP contribution is -2.40. The summed E-state index contributed by atoms with van der Waals surface area (Å²) in [4.78, 5) is 23.6. The van der Waals surface area contributed by atoms with Crippen LogP contribution in [0.5, 0.6) is 0 Å². The molecule has 2 rings (SSSR count). The molecule has 2 atom stereocenters. The normalized spacial score (nSPS) is 26.8. The molecule has 0 spiro atoms. The third kappa shape index (κ3) is 4.49. The van der Waals surface area contributed by atoms with Crippen LogP contribution in [0.4, 0.5) is 0 Å². The molecule has 2 fully saturated rings. The second-order valence-electron chi connectivity index (χ2n) is 5.77. The van der Waals surface area contributed by atoms with Crippen molar-refractivity contribution in [3.05, 3.63) is 0 Å². The minimum absolute atomic E-state index is 0.0434. The summed E-state index contributed by atoms with van der Waals surface area (Å²) >= 11 is 0. The molecule has 0 radical (unpaired) electrons. The molecule has 2 saturated carbocycles. The predicted octanol–water partition coefficient (Wildman–Crippen LogP) is 0.536. The molecule has 2 unspecified atom stereocenters. The zero-order chi connectivity index (χ0) is 13.7. The van der Waals surface area contributed by atoms with Crippen LogP contribution in [0.25, 0.3) is 0 Å². The van der Waals surface area contributed by atoms with Crippen molar-refractivity contribution in [3.8, 4) is 0 Å². The molecular formula is C14H25N3O2. The average Bonchev–Trinajstić information content (AvgIpc) is 3.22. The maximum atomic E-state index is 12.1. The summed E-state index contributed by atoms with van der Waals surface area (Å²) in [7, 11) is 0. The van der Waals surface area contributed by atoms with Gasteiger partial charge in [0.15, 0.2) is 0 Å². The molecule has 0 heterocycles. The van der Waals surface area contributed by atoms with Crippen LogP contribution >= 0.6 is 0 Å². The Morgan fingerprint density at radius 3 is 2.53 bits per heavy atom. The Bertz CT molecular complexity index is 329. The largest absolute Gasteiger partial charge is 0.355 e. The highest BCUT2D eigenvalue weighted by atomic mass is 16.2. The molecule has 0 aromatic carbocycles. The fourth-order valence-electron chi connectivity index (χ4n) is 2.79. The van der Waals surface area contributed by atoms with E-state index >= 15 is 0 Å². The molecule has 5 heteroatoms. The Balaban J connectivity index is 1.66. The second-order valence-corrected chi connectivity index (χ2v) is 5.77. The molecule has 5 nitrogen and oxygen atoms in total. The van der Waals surface area contributed by atoms with Crippen molar-refractivity contribution in [2.24, 2.45) is 17.6 Å². The van der Waals surface area contributed by atoms with E-state index in [-0.39, 0.29) is 17.7 Å². The van der Waals surface area contributed by atoms with Gasteiger partial charge in [-0.1, -0.05) is 12.8 Å². The van der Waals surface area contributed by atoms with E-state index in [9.17, 15) is 9.59 Å². The van der Waals surface area contributed by atoms with Gasteiger partial charge < -0.3 is 16.4 Å². The van der Waals surface area contributed by atoms with Crippen LogP contribution in [0.2, 0.25) is 0 Å². The number of nitrogens with one attached hydrogen (secondary N) is 2. The zero-order valence-corrected chi connectivity index (χ0v) is 11.5. The first-order valence-corrected chi connectivity index (χ1v) is 7.48. The predicted molar refractivity (Wildman–Crippen MR) is 73.3 cm³/mol. The van der Waals surface area contributed by atoms with Crippen molar-refractivity contribution in [2.45, 2.75) is 51.0 Å². The molecule has 108 valence electrons. The van der Waals surface area contributed by atoms with Gasteiger partial charge in [-0.2, -0.15) is 0 Å². The summed E-state index contributed by atoms with van der Waals surface area (Å²) in [5, 5.41) is 5.80. The molecular weight excluding hydrogens is 242 g/mol. The van der Waals surface area contributed by atoms with Gasteiger partial charge in [0.25, 0.3) is 0 Å². The fourth-order valence-corrected chi connectivity index (χ4v) is 2.79. The topological polar surface area (TPSA) is 84.2 Å². The van der Waals surface area contributed by atoms with E-state index in [1.54, 1.807) is 0 Å². The monoisotopic (exact) mass is 267 g/mol. The van der Waals surface area contributed by atoms with Crippen LogP contribution in [0.15, 0.2) is 0 Å². The Morgan fingerprint density at radius 1 is 1.11 bits per heavy atom. The van der Waals surface area contributed by atoms with Crippen LogP contribution in [0.1, 0.15) is 44.9 Å². The van der Waals surface area contributed by atoms with Crippen molar-refractivity contribution in [2.75, 3.05) is 13.1 Å². The Morgan fingerprint density at radius 2 is 1.84 bits per heavy atom. The molecule has 2 aliphatic rings. The van der Waals surface area contributed by atoms with E-state index in [0.29, 0.717) is 31.5 Å². The minimum atomic E-state index is 0.0434. The third-order valence-electron chi connectivity index (χ3n) is 4.14. The highest BCUT2D eigenvalue weighted by Crippen LogP contribution is 2.29. The van der Waals surface area contributed by atoms with Gasteiger partial charge in [-0.3, -0.25) is 9.59 Å². The first kappa shape index (κ1) is 14.3. The first-order chi connectivity index (χ1) is 9.20. The highest BCUT2D eigenvalue weighted by Gasteiger charge is 2.29. The minimum Gasteiger partial charge on any atom is -0.355 e. The van der Waals surface area contributed by atoms with Crippen LogP contribution in [0, 0.1) is 11.8 Å². The van der Waals surface area contributed by atoms with Crippen molar-refractivity contribution in [1.29, 1.82) is 0 Å². The first-order valence-electron chi connectivity index (χ1n) is 7.48. The van der Waals surface area contributed by atoms with E-state index in [2.05, 4.69) is 10.6 Å². The Kier molecular flexibility index (Phi) is 5.19. The molecule has 0 aromatic rings. The van der Waals surface area contributed by atoms with Crippen LogP contribution < -0.4 is 16.4 Å². The standard InChI is InChI=1S/C14H25N3O2/c15-9-10-3-1-2-4-12(10)14(19)16-8-7-13(18)17-11-5-6-11/h10-12H,1-9,15H2,(H,16,19)(H,17,18). The molecule has 4 N–H and O–H groups in total. The van der Waals surface area contributed by atoms with E-state index in [1.807, 2.05) is 0 Å². The van der Waals surface area contributed by atoms with Crippen molar-refractivity contribution < 1.29 is 9.59 Å². The van der Waals surface area contributed by atoms with Gasteiger partial charge in [0.2, 0.25) is 11.8 Å². The number of rotatable bonds is 6. The summed E-state index contributed by atoms with van der Waals surface area (Å²) in [6.45, 7) is 1.02. The lowest BCUT2D eigenvalue weighted by molar-refractivity contribution is -0.127. The van der Waals surface area contributed by atoms with Crippen molar-refractivity contribution in [1.82, 2.24) is 10.6 Å². The van der Waals surface area contributed by atoms with Gasteiger partial charge in [-0.25, -0.2) is 0 Å². The zero-order valence-electron chi connectivity index (χ0n) is 11.5. The van der Waals surface area contributed by atoms with Crippen LogP contribution in [-0.2, 0) is 9.59 Å². The van der Waals surface area contributed by atoms with Gasteiger partial charge in [-0.15, -0.1) is 0 Å². The van der Waals surface area contributed by atoms with Crippen LogP contribution in [0.3, 0.4) is 0 Å². The molecule has 0 bridgehead atoms. The third-order valence-corrected chi connectivity index (χ3v) is 4.14. The number of amides is 2. The van der Waals surface area contributed by atoms with E-state index < -0.39 is 0 Å². The van der Waals surface area contributed by atoms with Gasteiger partial charge >= 0.3 is 0 Å². The van der Waals surface area contributed by atoms with Gasteiger partial charge in [0, 0.05) is 24.9 Å². The van der Waals surface area contributed by atoms with Gasteiger partial charge in [0.1, 0.15) is 0 Å². The summed E-state index contributed by atoms with van der Waals surface area (Å²) in [6.07, 6.45) is 6.84. The smallest absolute Gasteiger partial charge is 0.223 e. The number of carbonyl (C=O) groups is 2. The lowest BCUT2D eigenvalue weighted by Gasteiger charge is -2.29. The summed E-state index contributed by atoms with van der Waals surface area (Å²) in [5.74, 6) is 0.482. The molecule has 19 heavy (non-hydrogen) atoms. The highest BCUT2D eigenvalue weighted by molar-refractivity contribution is 5.81. The van der Waals surface area contributed by atoms with Gasteiger partial charge in [-0.05, 0) is 38.1 Å². The van der Waals surface area contributed by atoms with Crippen molar-refractivity contribution >= 4 is 11.8 Å². The number of carbonyl (C=O) groups excluding carboxylic acids is 2. The Hall–Kier alpha value is -1.10. The Labute approximate surface area is 114 Å². The van der Waals surface area contributed by atoms with E-state index in [0.717, 1.165) is 32.1 Å². The summed E-state index contributed by atoms with van der Waals surface area (Å²) in [5.41, 5.74) is 5.73. The number of hydrogen-bond donors (Lipinski definition) is 3. The van der Waals surface area contributed by atoms with E-state index in [1.165, 1.54) is 6.42 Å². The second kappa shape index (κ2) is 6.89. The summed E-state index contributed by atoms with van der Waals surface area (Å²) < 4.78 is 0. The number of nitrogens with two attached hydrogens (primary N) is 1. The number of hydrogen-bond acceptors (Lipinski definition) is 3. The van der Waals surface area contributed by atoms with Gasteiger partial charge in [0.05, 0.1) is 0 Å². The maximum absolute atomic E-state index is 12.1. The molecule has 2 amide bonds. The summed E-state index contributed by atoms with van der Waals surface area (Å²) in [6, 6.07) is 0.392. The molecule has 0 aromatic heterocycles. The van der Waals surface area contributed by atoms with Crippen LogP contribution in [-0.4, -0.2) is 30.9 Å². The molecule has 0 saturated heterocycles. The average molecular weight is 267 g/mol. The SMILES string of the molecule is NCC1CCCCC1C(=O)NCCC(=O)NC1CC1.